The lowest BCUT2D eigenvalue weighted by Crippen LogP contribution is -2.06. The Balaban J connectivity index is 0. The molecule has 1 nitrogen and oxygen atoms in total. The van der Waals surface area contributed by atoms with Crippen molar-refractivity contribution in [2.75, 3.05) is 0 Å². The lowest BCUT2D eigenvalue weighted by molar-refractivity contribution is -0.137. The highest BCUT2D eigenvalue weighted by atomic mass is 19.4. The Labute approximate surface area is 102 Å². The van der Waals surface area contributed by atoms with Crippen LogP contribution >= 0.6 is 0 Å². The summed E-state index contributed by atoms with van der Waals surface area (Å²) in [7, 11) is 0. The van der Waals surface area contributed by atoms with Crippen molar-refractivity contribution in [2.24, 2.45) is 0 Å². The summed E-state index contributed by atoms with van der Waals surface area (Å²) in [5, 5.41) is 0. The van der Waals surface area contributed by atoms with Crippen molar-refractivity contribution in [3.8, 4) is 0 Å². The van der Waals surface area contributed by atoms with Crippen molar-refractivity contribution < 1.29 is 13.2 Å². The predicted molar refractivity (Wildman–Crippen MR) is 66.0 cm³/mol. The maximum atomic E-state index is 12.2. The van der Waals surface area contributed by atoms with Gasteiger partial charge in [0.05, 0.1) is 5.56 Å². The number of aromatic nitrogens is 1. The van der Waals surface area contributed by atoms with E-state index in [1.807, 2.05) is 41.5 Å². The zero-order chi connectivity index (χ0) is 14.1. The quantitative estimate of drug-likeness (QED) is 0.660. The molecule has 0 aliphatic carbocycles. The van der Waals surface area contributed by atoms with Crippen molar-refractivity contribution in [2.45, 2.75) is 53.6 Å². The summed E-state index contributed by atoms with van der Waals surface area (Å²) in [4.78, 5) is 3.85. The van der Waals surface area contributed by atoms with E-state index >= 15 is 0 Å². The van der Waals surface area contributed by atoms with Gasteiger partial charge >= 0.3 is 6.18 Å². The number of nitrogens with zero attached hydrogens (tertiary/aromatic N) is 1. The highest BCUT2D eigenvalue weighted by Crippen LogP contribution is 2.30. The van der Waals surface area contributed by atoms with Crippen molar-refractivity contribution in [1.29, 1.82) is 0 Å². The van der Waals surface area contributed by atoms with Gasteiger partial charge in [-0.2, -0.15) is 13.2 Å². The summed E-state index contributed by atoms with van der Waals surface area (Å²) >= 11 is 0. The molecule has 0 fully saturated rings. The Bertz CT molecular complexity index is 293. The summed E-state index contributed by atoms with van der Waals surface area (Å²) in [5.74, 6) is 0.0160. The molecule has 0 saturated carbocycles. The number of hydrogen-bond acceptors (Lipinski definition) is 1. The fourth-order valence-corrected chi connectivity index (χ4v) is 0.940. The first-order chi connectivity index (χ1) is 7.91. The van der Waals surface area contributed by atoms with E-state index in [1.54, 1.807) is 0 Å². The fourth-order valence-electron chi connectivity index (χ4n) is 0.940. The number of alkyl halides is 3. The van der Waals surface area contributed by atoms with Gasteiger partial charge < -0.3 is 0 Å². The van der Waals surface area contributed by atoms with Crippen LogP contribution in [-0.2, 0) is 6.18 Å². The van der Waals surface area contributed by atoms with Crippen molar-refractivity contribution >= 4 is 0 Å². The minimum absolute atomic E-state index is 0.0160. The van der Waals surface area contributed by atoms with Crippen LogP contribution in [0, 0.1) is 0 Å². The van der Waals surface area contributed by atoms with Crippen LogP contribution in [0.2, 0.25) is 0 Å². The van der Waals surface area contributed by atoms with E-state index in [0.29, 0.717) is 5.69 Å². The maximum Gasteiger partial charge on any atom is 0.416 e. The Kier molecular flexibility index (Phi) is 9.72. The molecule has 0 bridgehead atoms. The molecule has 0 radical (unpaired) electrons. The summed E-state index contributed by atoms with van der Waals surface area (Å²) in [6.45, 7) is 11.6. The number of hydrogen-bond donors (Lipinski definition) is 0. The molecule has 0 spiro atoms. The fraction of sp³-hybridized carbons (Fsp3) is 0.615. The molecule has 1 aromatic heterocycles. The number of rotatable bonds is 1. The van der Waals surface area contributed by atoms with Gasteiger partial charge in [0.1, 0.15) is 0 Å². The molecule has 100 valence electrons. The molecular weight excluding hydrogens is 227 g/mol. The average Bonchev–Trinajstić information content (AvgIpc) is 2.33. The van der Waals surface area contributed by atoms with Gasteiger partial charge in [-0.3, -0.25) is 4.98 Å². The molecule has 0 aliphatic heterocycles. The van der Waals surface area contributed by atoms with Gasteiger partial charge in [-0.15, -0.1) is 0 Å². The third-order valence-electron chi connectivity index (χ3n) is 1.70. The lowest BCUT2D eigenvalue weighted by Gasteiger charge is -2.09. The van der Waals surface area contributed by atoms with Gasteiger partial charge in [-0.05, 0) is 18.1 Å². The van der Waals surface area contributed by atoms with E-state index in [1.165, 1.54) is 6.20 Å². The summed E-state index contributed by atoms with van der Waals surface area (Å²) in [6, 6.07) is 2.07. The van der Waals surface area contributed by atoms with Gasteiger partial charge in [-0.25, -0.2) is 0 Å². The van der Waals surface area contributed by atoms with E-state index in [4.69, 9.17) is 0 Å². The monoisotopic (exact) mass is 249 g/mol. The Hall–Kier alpha value is -1.06. The topological polar surface area (TPSA) is 12.9 Å². The van der Waals surface area contributed by atoms with Crippen LogP contribution in [0.3, 0.4) is 0 Å². The highest BCUT2D eigenvalue weighted by Gasteiger charge is 2.30. The van der Waals surface area contributed by atoms with Crippen molar-refractivity contribution in [1.82, 2.24) is 4.98 Å². The van der Waals surface area contributed by atoms with E-state index in [-0.39, 0.29) is 5.92 Å². The van der Waals surface area contributed by atoms with E-state index in [2.05, 4.69) is 4.98 Å². The van der Waals surface area contributed by atoms with Gasteiger partial charge in [0.25, 0.3) is 0 Å². The Morgan fingerprint density at radius 3 is 1.88 bits per heavy atom. The molecule has 0 aromatic carbocycles. The Morgan fingerprint density at radius 2 is 1.53 bits per heavy atom. The SMILES string of the molecule is CC.CC.CC(C)c1cc(C(F)(F)F)ccn1. The van der Waals surface area contributed by atoms with Gasteiger partial charge in [-0.1, -0.05) is 41.5 Å². The average molecular weight is 249 g/mol. The molecule has 0 atom stereocenters. The third kappa shape index (κ3) is 6.97. The zero-order valence-corrected chi connectivity index (χ0v) is 11.4. The second-order valence-electron chi connectivity index (χ2n) is 3.12. The maximum absolute atomic E-state index is 12.2. The lowest BCUT2D eigenvalue weighted by atomic mass is 10.1. The van der Waals surface area contributed by atoms with E-state index < -0.39 is 11.7 Å². The van der Waals surface area contributed by atoms with Crippen LogP contribution in [0.1, 0.15) is 58.7 Å². The normalized spacial score (nSPS) is 10.0. The van der Waals surface area contributed by atoms with Crippen molar-refractivity contribution in [3.63, 3.8) is 0 Å². The van der Waals surface area contributed by atoms with Crippen LogP contribution < -0.4 is 0 Å². The van der Waals surface area contributed by atoms with Crippen LogP contribution in [0.4, 0.5) is 13.2 Å². The smallest absolute Gasteiger partial charge is 0.261 e. The molecule has 0 N–H and O–H groups in total. The molecule has 0 saturated heterocycles. The molecule has 0 unspecified atom stereocenters. The second kappa shape index (κ2) is 9.02. The van der Waals surface area contributed by atoms with E-state index in [9.17, 15) is 13.2 Å². The van der Waals surface area contributed by atoms with Crippen LogP contribution in [0.15, 0.2) is 18.3 Å². The summed E-state index contributed by atoms with van der Waals surface area (Å²) in [6.07, 6.45) is -3.08. The number of halogens is 3. The first-order valence-electron chi connectivity index (χ1n) is 5.94. The van der Waals surface area contributed by atoms with Crippen LogP contribution in [0.25, 0.3) is 0 Å². The third-order valence-corrected chi connectivity index (χ3v) is 1.70. The Morgan fingerprint density at radius 1 is 1.06 bits per heavy atom. The minimum atomic E-state index is -4.27. The van der Waals surface area contributed by atoms with Gasteiger partial charge in [0, 0.05) is 11.9 Å². The summed E-state index contributed by atoms with van der Waals surface area (Å²) < 4.78 is 36.6. The standard InChI is InChI=1S/C9H10F3N.2C2H6/c1-6(2)8-5-7(3-4-13-8)9(10,11)12;2*1-2/h3-6H,1-2H3;2*1-2H3. The van der Waals surface area contributed by atoms with E-state index in [0.717, 1.165) is 12.1 Å². The predicted octanol–water partition coefficient (Wildman–Crippen LogP) is 5.28. The molecule has 0 amide bonds. The zero-order valence-electron chi connectivity index (χ0n) is 11.4. The van der Waals surface area contributed by atoms with Gasteiger partial charge in [0.15, 0.2) is 0 Å². The van der Waals surface area contributed by atoms with Crippen LogP contribution in [-0.4, -0.2) is 4.98 Å². The molecule has 17 heavy (non-hydrogen) atoms. The molecule has 0 aliphatic rings. The summed E-state index contributed by atoms with van der Waals surface area (Å²) in [5.41, 5.74) is -0.166. The molecule has 4 heteroatoms. The number of pyridine rings is 1. The second-order valence-corrected chi connectivity index (χ2v) is 3.12. The van der Waals surface area contributed by atoms with Gasteiger partial charge in [0.2, 0.25) is 0 Å². The molecule has 1 aromatic rings. The first kappa shape index (κ1) is 18.3. The highest BCUT2D eigenvalue weighted by molar-refractivity contribution is 5.20. The minimum Gasteiger partial charge on any atom is -0.261 e. The van der Waals surface area contributed by atoms with Crippen LogP contribution in [0.5, 0.6) is 0 Å². The molecule has 1 heterocycles. The first-order valence-corrected chi connectivity index (χ1v) is 5.94. The largest absolute Gasteiger partial charge is 0.416 e. The molecule has 1 rings (SSSR count). The van der Waals surface area contributed by atoms with Crippen molar-refractivity contribution in [3.05, 3.63) is 29.6 Å². The molecular formula is C13H22F3N.